The molecule has 2 aliphatic rings. The van der Waals surface area contributed by atoms with Crippen molar-refractivity contribution in [3.05, 3.63) is 41.2 Å². The zero-order valence-electron chi connectivity index (χ0n) is 17.7. The monoisotopic (exact) mass is 464 g/mol. The molecule has 0 aliphatic carbocycles. The van der Waals surface area contributed by atoms with Crippen molar-refractivity contribution in [3.8, 4) is 34.5 Å². The molecule has 0 saturated carbocycles. The molecular weight excluding hydrogens is 440 g/mol. The minimum Gasteiger partial charge on any atom is -0.508 e. The molecule has 0 radical (unpaired) electrons. The Labute approximate surface area is 188 Å². The fourth-order valence-electron chi connectivity index (χ4n) is 3.65. The van der Waals surface area contributed by atoms with Crippen LogP contribution in [-0.2, 0) is 9.47 Å². The van der Waals surface area contributed by atoms with Gasteiger partial charge in [0.05, 0.1) is 26.4 Å². The molecule has 6 N–H and O–H groups in total. The van der Waals surface area contributed by atoms with Crippen LogP contribution in [0.5, 0.6) is 34.5 Å². The molecule has 11 nitrogen and oxygen atoms in total. The number of phenolic OH excluding ortho intramolecular Hbond substituents is 3. The highest BCUT2D eigenvalue weighted by molar-refractivity contribution is 5.70. The number of fused-ring (bicyclic) bond motifs is 1. The highest BCUT2D eigenvalue weighted by Gasteiger charge is 2.41. The highest BCUT2D eigenvalue weighted by Crippen LogP contribution is 2.47. The second kappa shape index (κ2) is 8.87. The summed E-state index contributed by atoms with van der Waals surface area (Å²) in [6, 6.07) is 5.37. The van der Waals surface area contributed by atoms with Gasteiger partial charge >= 0.3 is 0 Å². The van der Waals surface area contributed by atoms with E-state index in [9.17, 15) is 30.6 Å². The van der Waals surface area contributed by atoms with E-state index in [0.29, 0.717) is 5.56 Å². The summed E-state index contributed by atoms with van der Waals surface area (Å²) < 4.78 is 27.6. The second-order valence-corrected chi connectivity index (χ2v) is 7.56. The van der Waals surface area contributed by atoms with Gasteiger partial charge in [-0.25, -0.2) is 0 Å². The number of aliphatic hydroxyl groups excluding tert-OH is 3. The Morgan fingerprint density at radius 3 is 2.21 bits per heavy atom. The van der Waals surface area contributed by atoms with Crippen LogP contribution in [-0.4, -0.2) is 76.1 Å². The van der Waals surface area contributed by atoms with Gasteiger partial charge in [-0.1, -0.05) is 0 Å². The maximum Gasteiger partial charge on any atom is 0.228 e. The fraction of sp³-hybridized carbons (Fsp3) is 0.364. The predicted octanol–water partition coefficient (Wildman–Crippen LogP) is 0.751. The molecule has 0 bridgehead atoms. The van der Waals surface area contributed by atoms with Crippen LogP contribution in [0.2, 0.25) is 0 Å². The van der Waals surface area contributed by atoms with Crippen LogP contribution >= 0.6 is 0 Å². The molecule has 1 fully saturated rings. The zero-order valence-corrected chi connectivity index (χ0v) is 17.7. The molecule has 5 atom stereocenters. The first-order valence-corrected chi connectivity index (χ1v) is 9.95. The number of rotatable bonds is 5. The van der Waals surface area contributed by atoms with Gasteiger partial charge in [0.25, 0.3) is 0 Å². The smallest absolute Gasteiger partial charge is 0.228 e. The zero-order chi connectivity index (χ0) is 23.9. The molecule has 178 valence electrons. The standard InChI is InChI=1S/C22H24O11/c1-29-15-3-9(4-16(30-2)19(15)27)21-17(33-22-20(28)18(26)13(25)8-31-22)7-11-12(24)5-10(23)6-14(11)32-21/h3-7,13,18,20-28H,8H2,1-2H3/t13-,18-,20+,21?,22-/m0/s1. The van der Waals surface area contributed by atoms with E-state index < -0.39 is 30.7 Å². The molecule has 1 saturated heterocycles. The summed E-state index contributed by atoms with van der Waals surface area (Å²) in [6.45, 7) is -0.280. The number of hydrogen-bond donors (Lipinski definition) is 6. The van der Waals surface area contributed by atoms with Crippen LogP contribution in [0.25, 0.3) is 6.08 Å². The SMILES string of the molecule is COc1cc(C2Oc3cc(O)cc(O)c3C=C2O[C@@H]2OC[C@H](O)[C@H](O)[C@H]2O)cc(OC)c1O. The lowest BCUT2D eigenvalue weighted by Gasteiger charge is -2.37. The molecule has 2 heterocycles. The lowest BCUT2D eigenvalue weighted by atomic mass is 10.00. The van der Waals surface area contributed by atoms with Gasteiger partial charge in [0.15, 0.2) is 17.6 Å². The third kappa shape index (κ3) is 4.18. The van der Waals surface area contributed by atoms with Crippen LogP contribution in [0.15, 0.2) is 30.0 Å². The Kier molecular flexibility index (Phi) is 6.13. The van der Waals surface area contributed by atoms with Crippen molar-refractivity contribution >= 4 is 6.08 Å². The van der Waals surface area contributed by atoms with E-state index in [2.05, 4.69) is 0 Å². The Morgan fingerprint density at radius 1 is 0.909 bits per heavy atom. The highest BCUT2D eigenvalue weighted by atomic mass is 16.7. The summed E-state index contributed by atoms with van der Waals surface area (Å²) in [5, 5.41) is 60.4. The van der Waals surface area contributed by atoms with Crippen LogP contribution in [0.1, 0.15) is 17.2 Å². The quantitative estimate of drug-likeness (QED) is 0.369. The van der Waals surface area contributed by atoms with Crippen molar-refractivity contribution < 1.29 is 54.3 Å². The van der Waals surface area contributed by atoms with Crippen LogP contribution in [0, 0.1) is 0 Å². The van der Waals surface area contributed by atoms with Gasteiger partial charge in [0.2, 0.25) is 12.0 Å². The first-order valence-electron chi connectivity index (χ1n) is 9.95. The number of benzene rings is 2. The molecule has 2 aliphatic heterocycles. The summed E-state index contributed by atoms with van der Waals surface area (Å²) in [4.78, 5) is 0. The summed E-state index contributed by atoms with van der Waals surface area (Å²) in [5.74, 6) is -0.376. The van der Waals surface area contributed by atoms with Crippen molar-refractivity contribution in [1.82, 2.24) is 0 Å². The number of methoxy groups -OCH3 is 2. The van der Waals surface area contributed by atoms with E-state index in [0.717, 1.165) is 6.07 Å². The summed E-state index contributed by atoms with van der Waals surface area (Å²) in [5.41, 5.74) is 0.592. The number of hydrogen-bond acceptors (Lipinski definition) is 11. The van der Waals surface area contributed by atoms with Gasteiger partial charge in [-0.05, 0) is 18.2 Å². The number of ether oxygens (including phenoxy) is 5. The molecule has 11 heteroatoms. The van der Waals surface area contributed by atoms with E-state index in [1.165, 1.54) is 38.5 Å². The number of aliphatic hydroxyl groups is 3. The molecule has 0 aromatic heterocycles. The maximum atomic E-state index is 10.3. The van der Waals surface area contributed by atoms with E-state index in [1.54, 1.807) is 0 Å². The van der Waals surface area contributed by atoms with Gasteiger partial charge in [-0.2, -0.15) is 0 Å². The normalized spacial score (nSPS) is 26.6. The molecule has 0 amide bonds. The van der Waals surface area contributed by atoms with E-state index >= 15 is 0 Å². The Morgan fingerprint density at radius 2 is 1.58 bits per heavy atom. The first kappa shape index (κ1) is 22.8. The van der Waals surface area contributed by atoms with Crippen LogP contribution < -0.4 is 14.2 Å². The van der Waals surface area contributed by atoms with Crippen molar-refractivity contribution in [2.24, 2.45) is 0 Å². The lowest BCUT2D eigenvalue weighted by molar-refractivity contribution is -0.261. The first-order chi connectivity index (χ1) is 15.7. The van der Waals surface area contributed by atoms with Crippen LogP contribution in [0.3, 0.4) is 0 Å². The lowest BCUT2D eigenvalue weighted by Crippen LogP contribution is -2.53. The van der Waals surface area contributed by atoms with Crippen molar-refractivity contribution in [1.29, 1.82) is 0 Å². The van der Waals surface area contributed by atoms with Gasteiger partial charge < -0.3 is 54.3 Å². The van der Waals surface area contributed by atoms with E-state index in [1.807, 2.05) is 0 Å². The molecule has 2 aromatic rings. The topological polar surface area (TPSA) is 168 Å². The largest absolute Gasteiger partial charge is 0.508 e. The molecule has 1 unspecified atom stereocenters. The van der Waals surface area contributed by atoms with Crippen molar-refractivity contribution in [2.45, 2.75) is 30.7 Å². The summed E-state index contributed by atoms with van der Waals surface area (Å²) in [7, 11) is 2.72. The molecule has 4 rings (SSSR count). The molecule has 2 aromatic carbocycles. The maximum absolute atomic E-state index is 10.3. The molecule has 33 heavy (non-hydrogen) atoms. The van der Waals surface area contributed by atoms with Gasteiger partial charge in [-0.15, -0.1) is 0 Å². The third-order valence-electron chi connectivity index (χ3n) is 5.41. The van der Waals surface area contributed by atoms with Crippen molar-refractivity contribution in [3.63, 3.8) is 0 Å². The number of aromatic hydroxyl groups is 3. The second-order valence-electron chi connectivity index (χ2n) is 7.56. The predicted molar refractivity (Wildman–Crippen MR) is 111 cm³/mol. The van der Waals surface area contributed by atoms with Crippen LogP contribution in [0.4, 0.5) is 0 Å². The average Bonchev–Trinajstić information content (AvgIpc) is 2.79. The Bertz CT molecular complexity index is 1040. The van der Waals surface area contributed by atoms with E-state index in [-0.39, 0.29) is 52.4 Å². The summed E-state index contributed by atoms with van der Waals surface area (Å²) in [6.07, 6.45) is -5.32. The molecular formula is C22H24O11. The minimum atomic E-state index is -1.57. The minimum absolute atomic E-state index is 0.0610. The Balaban J connectivity index is 1.78. The van der Waals surface area contributed by atoms with E-state index in [4.69, 9.17) is 23.7 Å². The van der Waals surface area contributed by atoms with Gasteiger partial charge in [-0.3, -0.25) is 0 Å². The van der Waals surface area contributed by atoms with Gasteiger partial charge in [0.1, 0.15) is 41.3 Å². The summed E-state index contributed by atoms with van der Waals surface area (Å²) >= 11 is 0. The van der Waals surface area contributed by atoms with Gasteiger partial charge in [0, 0.05) is 17.7 Å². The Hall–Kier alpha value is -3.38. The third-order valence-corrected chi connectivity index (χ3v) is 5.41. The fourth-order valence-corrected chi connectivity index (χ4v) is 3.65. The number of phenols is 3. The average molecular weight is 464 g/mol. The van der Waals surface area contributed by atoms with Crippen molar-refractivity contribution in [2.75, 3.05) is 20.8 Å². The molecule has 0 spiro atoms.